The number of halogens is 2. The molecule has 0 radical (unpaired) electrons. The molecule has 0 spiro atoms. The summed E-state index contributed by atoms with van der Waals surface area (Å²) in [6.45, 7) is 2.89. The van der Waals surface area contributed by atoms with Crippen molar-refractivity contribution in [2.75, 3.05) is 6.54 Å². The molecule has 1 aromatic heterocycles. The van der Waals surface area contributed by atoms with Crippen molar-refractivity contribution in [3.63, 3.8) is 0 Å². The van der Waals surface area contributed by atoms with Crippen LogP contribution >= 0.6 is 23.2 Å². The zero-order valence-electron chi connectivity index (χ0n) is 10.6. The fourth-order valence-electron chi connectivity index (χ4n) is 1.89. The molecule has 1 heterocycles. The van der Waals surface area contributed by atoms with Crippen LogP contribution in [0.1, 0.15) is 19.2 Å². The van der Waals surface area contributed by atoms with Gasteiger partial charge in [0, 0.05) is 11.6 Å². The summed E-state index contributed by atoms with van der Waals surface area (Å²) in [7, 11) is 0. The standard InChI is InChI=1S/C13H15Cl2N3O/c1-2-5-16-13(19)8-18-11-6-9(15)3-4-10(11)17-12(18)7-14/h3-4,6H,2,5,7-8H2,1H3,(H,16,19). The summed E-state index contributed by atoms with van der Waals surface area (Å²) in [6.07, 6.45) is 0.907. The van der Waals surface area contributed by atoms with Crippen molar-refractivity contribution in [3.8, 4) is 0 Å². The first-order chi connectivity index (χ1) is 9.15. The zero-order chi connectivity index (χ0) is 13.8. The van der Waals surface area contributed by atoms with Gasteiger partial charge in [-0.15, -0.1) is 11.6 Å². The van der Waals surface area contributed by atoms with Crippen LogP contribution < -0.4 is 5.32 Å². The van der Waals surface area contributed by atoms with Gasteiger partial charge in [0.1, 0.15) is 12.4 Å². The second-order valence-corrected chi connectivity index (χ2v) is 4.93. The highest BCUT2D eigenvalue weighted by atomic mass is 35.5. The molecule has 0 saturated heterocycles. The minimum atomic E-state index is -0.0486. The maximum atomic E-state index is 11.8. The van der Waals surface area contributed by atoms with Gasteiger partial charge in [-0.1, -0.05) is 18.5 Å². The molecule has 0 unspecified atom stereocenters. The molecule has 0 atom stereocenters. The monoisotopic (exact) mass is 299 g/mol. The molecular formula is C13H15Cl2N3O. The third kappa shape index (κ3) is 3.19. The molecule has 0 aliphatic rings. The van der Waals surface area contributed by atoms with Crippen molar-refractivity contribution in [2.45, 2.75) is 25.8 Å². The van der Waals surface area contributed by atoms with Gasteiger partial charge in [-0.05, 0) is 24.6 Å². The van der Waals surface area contributed by atoms with Gasteiger partial charge in [-0.25, -0.2) is 4.98 Å². The Morgan fingerprint density at radius 1 is 1.47 bits per heavy atom. The van der Waals surface area contributed by atoms with E-state index in [1.807, 2.05) is 13.0 Å². The van der Waals surface area contributed by atoms with Crippen LogP contribution in [-0.4, -0.2) is 22.0 Å². The highest BCUT2D eigenvalue weighted by Crippen LogP contribution is 2.21. The smallest absolute Gasteiger partial charge is 0.240 e. The predicted octanol–water partition coefficient (Wildman–Crippen LogP) is 2.95. The van der Waals surface area contributed by atoms with Crippen LogP contribution in [0.15, 0.2) is 18.2 Å². The lowest BCUT2D eigenvalue weighted by Gasteiger charge is -2.08. The van der Waals surface area contributed by atoms with Crippen LogP contribution in [0.4, 0.5) is 0 Å². The predicted molar refractivity (Wildman–Crippen MR) is 77.6 cm³/mol. The fourth-order valence-corrected chi connectivity index (χ4v) is 2.26. The summed E-state index contributed by atoms with van der Waals surface area (Å²) in [5.74, 6) is 0.881. The molecule has 19 heavy (non-hydrogen) atoms. The largest absolute Gasteiger partial charge is 0.355 e. The van der Waals surface area contributed by atoms with E-state index >= 15 is 0 Å². The average molecular weight is 300 g/mol. The lowest BCUT2D eigenvalue weighted by atomic mass is 10.3. The fraction of sp³-hybridized carbons (Fsp3) is 0.385. The third-order valence-electron chi connectivity index (χ3n) is 2.78. The molecule has 1 aromatic carbocycles. The molecular weight excluding hydrogens is 285 g/mol. The Morgan fingerprint density at radius 2 is 2.26 bits per heavy atom. The molecule has 0 aliphatic heterocycles. The van der Waals surface area contributed by atoms with Gasteiger partial charge < -0.3 is 9.88 Å². The number of aromatic nitrogens is 2. The van der Waals surface area contributed by atoms with Crippen LogP contribution in [0.25, 0.3) is 11.0 Å². The van der Waals surface area contributed by atoms with E-state index in [0.717, 1.165) is 17.5 Å². The first-order valence-corrected chi connectivity index (χ1v) is 7.04. The topological polar surface area (TPSA) is 46.9 Å². The van der Waals surface area contributed by atoms with Gasteiger partial charge >= 0.3 is 0 Å². The number of carbonyl (C=O) groups excluding carboxylic acids is 1. The minimum absolute atomic E-state index is 0.0486. The molecule has 4 nitrogen and oxygen atoms in total. The number of nitrogens with zero attached hydrogens (tertiary/aromatic N) is 2. The average Bonchev–Trinajstić information content (AvgIpc) is 2.74. The van der Waals surface area contributed by atoms with E-state index in [9.17, 15) is 4.79 Å². The van der Waals surface area contributed by atoms with Gasteiger partial charge in [-0.2, -0.15) is 0 Å². The highest BCUT2D eigenvalue weighted by Gasteiger charge is 2.13. The summed E-state index contributed by atoms with van der Waals surface area (Å²) in [4.78, 5) is 16.2. The number of carbonyl (C=O) groups is 1. The number of rotatable bonds is 5. The number of fused-ring (bicyclic) bond motifs is 1. The van der Waals surface area contributed by atoms with E-state index < -0.39 is 0 Å². The highest BCUT2D eigenvalue weighted by molar-refractivity contribution is 6.31. The first-order valence-electron chi connectivity index (χ1n) is 6.13. The van der Waals surface area contributed by atoms with Crippen molar-refractivity contribution in [1.82, 2.24) is 14.9 Å². The van der Waals surface area contributed by atoms with Crippen LogP contribution in [0, 0.1) is 0 Å². The zero-order valence-corrected chi connectivity index (χ0v) is 12.1. The van der Waals surface area contributed by atoms with Gasteiger partial charge in [0.15, 0.2) is 0 Å². The summed E-state index contributed by atoms with van der Waals surface area (Å²) in [5, 5.41) is 3.45. The van der Waals surface area contributed by atoms with Crippen molar-refractivity contribution in [1.29, 1.82) is 0 Å². The SMILES string of the molecule is CCCNC(=O)Cn1c(CCl)nc2ccc(Cl)cc21. The van der Waals surface area contributed by atoms with Gasteiger partial charge in [0.05, 0.1) is 16.9 Å². The summed E-state index contributed by atoms with van der Waals surface area (Å²) in [5.41, 5.74) is 1.62. The Balaban J connectivity index is 2.34. The minimum Gasteiger partial charge on any atom is -0.355 e. The molecule has 0 saturated carbocycles. The number of alkyl halides is 1. The van der Waals surface area contributed by atoms with E-state index in [0.29, 0.717) is 17.4 Å². The number of amides is 1. The van der Waals surface area contributed by atoms with Crippen LogP contribution in [-0.2, 0) is 17.2 Å². The number of nitrogens with one attached hydrogen (secondary N) is 1. The number of hydrogen-bond donors (Lipinski definition) is 1. The number of imidazole rings is 1. The van der Waals surface area contributed by atoms with Gasteiger partial charge in [0.2, 0.25) is 5.91 Å². The molecule has 0 bridgehead atoms. The van der Waals surface area contributed by atoms with E-state index in [4.69, 9.17) is 23.2 Å². The van der Waals surface area contributed by atoms with E-state index in [-0.39, 0.29) is 18.3 Å². The Morgan fingerprint density at radius 3 is 2.95 bits per heavy atom. The van der Waals surface area contributed by atoms with Gasteiger partial charge in [-0.3, -0.25) is 4.79 Å². The molecule has 1 N–H and O–H groups in total. The van der Waals surface area contributed by atoms with E-state index in [1.165, 1.54) is 0 Å². The normalized spacial score (nSPS) is 10.9. The molecule has 2 aromatic rings. The van der Waals surface area contributed by atoms with E-state index in [1.54, 1.807) is 16.7 Å². The summed E-state index contributed by atoms with van der Waals surface area (Å²) < 4.78 is 1.80. The molecule has 0 fully saturated rings. The van der Waals surface area contributed by atoms with Gasteiger partial charge in [0.25, 0.3) is 0 Å². The lowest BCUT2D eigenvalue weighted by molar-refractivity contribution is -0.121. The molecule has 102 valence electrons. The van der Waals surface area contributed by atoms with E-state index in [2.05, 4.69) is 10.3 Å². The molecule has 6 heteroatoms. The third-order valence-corrected chi connectivity index (χ3v) is 3.26. The molecule has 1 amide bonds. The van der Waals surface area contributed by atoms with Crippen molar-refractivity contribution in [3.05, 3.63) is 29.0 Å². The van der Waals surface area contributed by atoms with Crippen molar-refractivity contribution in [2.24, 2.45) is 0 Å². The number of hydrogen-bond acceptors (Lipinski definition) is 2. The Kier molecular flexibility index (Phi) is 4.66. The van der Waals surface area contributed by atoms with Crippen molar-refractivity contribution < 1.29 is 4.79 Å². The quantitative estimate of drug-likeness (QED) is 0.863. The number of benzene rings is 1. The summed E-state index contributed by atoms with van der Waals surface area (Å²) >= 11 is 11.9. The van der Waals surface area contributed by atoms with Crippen LogP contribution in [0.2, 0.25) is 5.02 Å². The molecule has 0 aliphatic carbocycles. The maximum Gasteiger partial charge on any atom is 0.240 e. The Labute approximate surface area is 121 Å². The Hall–Kier alpha value is -1.26. The second kappa shape index (κ2) is 6.26. The second-order valence-electron chi connectivity index (χ2n) is 4.23. The Bertz CT molecular complexity index is 595. The first kappa shape index (κ1) is 14.2. The lowest BCUT2D eigenvalue weighted by Crippen LogP contribution is -2.28. The van der Waals surface area contributed by atoms with Crippen LogP contribution in [0.5, 0.6) is 0 Å². The maximum absolute atomic E-state index is 11.8. The van der Waals surface area contributed by atoms with Crippen LogP contribution in [0.3, 0.4) is 0 Å². The summed E-state index contributed by atoms with van der Waals surface area (Å²) in [6, 6.07) is 5.40. The molecule has 2 rings (SSSR count). The van der Waals surface area contributed by atoms with Crippen molar-refractivity contribution >= 4 is 40.1 Å².